The summed E-state index contributed by atoms with van der Waals surface area (Å²) in [7, 11) is 0. The summed E-state index contributed by atoms with van der Waals surface area (Å²) in [4.78, 5) is 4.79. The number of fused-ring (bicyclic) bond motifs is 3. The molecule has 0 amide bonds. The van der Waals surface area contributed by atoms with E-state index in [-0.39, 0.29) is 26.5 Å². The van der Waals surface area contributed by atoms with Gasteiger partial charge in [-0.1, -0.05) is 62.2 Å². The van der Waals surface area contributed by atoms with Crippen molar-refractivity contribution in [3.63, 3.8) is 0 Å². The first-order valence-corrected chi connectivity index (χ1v) is 15.3. The summed E-state index contributed by atoms with van der Waals surface area (Å²) in [5.74, 6) is 2.08. The number of aromatic nitrogens is 4. The maximum atomic E-state index is 6.43. The van der Waals surface area contributed by atoms with Crippen LogP contribution in [0.3, 0.4) is 0 Å². The number of rotatable bonds is 5. The second kappa shape index (κ2) is 12.0. The van der Waals surface area contributed by atoms with Crippen LogP contribution < -0.4 is 9.30 Å². The molecule has 0 saturated heterocycles. The molecule has 4 aromatic carbocycles. The average Bonchev–Trinajstić information content (AvgIpc) is 3.51. The van der Waals surface area contributed by atoms with Gasteiger partial charge in [-0.25, -0.2) is 4.98 Å². The van der Waals surface area contributed by atoms with E-state index in [0.717, 1.165) is 50.4 Å². The normalized spacial score (nSPS) is 11.6. The van der Waals surface area contributed by atoms with Crippen LogP contribution in [0, 0.1) is 46.2 Å². The van der Waals surface area contributed by atoms with Gasteiger partial charge in [0.2, 0.25) is 0 Å². The molecule has 3 heterocycles. The fourth-order valence-corrected chi connectivity index (χ4v) is 5.93. The number of ether oxygens (including phenoxy) is 1. The van der Waals surface area contributed by atoms with Crippen molar-refractivity contribution in [1.82, 2.24) is 14.1 Å². The number of para-hydroxylation sites is 1. The summed E-state index contributed by atoms with van der Waals surface area (Å²) in [5, 5.41) is 2.25. The van der Waals surface area contributed by atoms with Crippen LogP contribution in [0.4, 0.5) is 0 Å². The van der Waals surface area contributed by atoms with Crippen molar-refractivity contribution >= 4 is 21.8 Å². The summed E-state index contributed by atoms with van der Waals surface area (Å²) in [5.41, 5.74) is 9.84. The Morgan fingerprint density at radius 2 is 1.57 bits per heavy atom. The topological polar surface area (TPSA) is 35.9 Å². The molecule has 0 N–H and O–H groups in total. The third-order valence-corrected chi connectivity index (χ3v) is 8.61. The minimum absolute atomic E-state index is 0. The smallest absolute Gasteiger partial charge is 0.267 e. The maximum absolute atomic E-state index is 6.43. The van der Waals surface area contributed by atoms with Gasteiger partial charge in [-0.2, -0.15) is 18.2 Å². The molecular weight excluding hydrogens is 748 g/mol. The zero-order valence-corrected chi connectivity index (χ0v) is 29.4. The number of pyridine rings is 1. The van der Waals surface area contributed by atoms with Crippen molar-refractivity contribution in [1.29, 1.82) is 0 Å². The van der Waals surface area contributed by atoms with Gasteiger partial charge in [0.1, 0.15) is 5.82 Å². The van der Waals surface area contributed by atoms with Gasteiger partial charge in [0.15, 0.2) is 0 Å². The first kappa shape index (κ1) is 31.5. The van der Waals surface area contributed by atoms with E-state index in [1.165, 1.54) is 16.7 Å². The Morgan fingerprint density at radius 3 is 2.37 bits per heavy atom. The van der Waals surface area contributed by atoms with Crippen LogP contribution in [0.5, 0.6) is 11.5 Å². The van der Waals surface area contributed by atoms with Gasteiger partial charge in [0, 0.05) is 50.0 Å². The van der Waals surface area contributed by atoms with Crippen molar-refractivity contribution in [3.05, 3.63) is 138 Å². The van der Waals surface area contributed by atoms with E-state index in [4.69, 9.17) is 9.72 Å². The first-order chi connectivity index (χ1) is 21.6. The van der Waals surface area contributed by atoms with Crippen molar-refractivity contribution in [2.24, 2.45) is 0 Å². The van der Waals surface area contributed by atoms with Gasteiger partial charge in [0.05, 0.1) is 11.4 Å². The SMILES string of the molecule is Cc1ccc(C)c(-[n+]2[c-]n(-c3[c-]c(Oc4[c-]c5c(cc4)c4ccccc4n5-c4cc(C(C)(C)C)ccn4)ccc3)c(C)c2C)c1.[Pt]. The van der Waals surface area contributed by atoms with E-state index in [1.807, 2.05) is 35.0 Å². The average molecular weight is 784 g/mol. The van der Waals surface area contributed by atoms with E-state index in [0.29, 0.717) is 11.5 Å². The predicted molar refractivity (Wildman–Crippen MR) is 180 cm³/mol. The molecule has 234 valence electrons. The molecule has 7 aromatic rings. The Kier molecular flexibility index (Phi) is 8.25. The van der Waals surface area contributed by atoms with Gasteiger partial charge < -0.3 is 13.9 Å². The third-order valence-electron chi connectivity index (χ3n) is 8.61. The number of nitrogens with zero attached hydrogens (tertiary/aromatic N) is 4. The van der Waals surface area contributed by atoms with Crippen LogP contribution in [0.2, 0.25) is 0 Å². The Hall–Kier alpha value is -4.47. The number of hydrogen-bond donors (Lipinski definition) is 0. The first-order valence-electron chi connectivity index (χ1n) is 15.3. The molecule has 6 heteroatoms. The monoisotopic (exact) mass is 783 g/mol. The molecule has 0 saturated carbocycles. The standard InChI is InChI=1S/C40H36N4O.Pt/c1-26-15-16-27(2)37(21-26)43-25-42(28(3)29(43)4)31-11-10-12-32(23-31)45-33-17-18-35-34-13-8-9-14-36(34)44(38(35)24-33)39-22-30(19-20-41-39)40(5,6)7;/h8-22H,1-7H3;/q-2;. The van der Waals surface area contributed by atoms with Gasteiger partial charge in [0.25, 0.3) is 6.33 Å². The van der Waals surface area contributed by atoms with Crippen LogP contribution in [-0.2, 0) is 26.5 Å². The number of hydrogen-bond acceptors (Lipinski definition) is 2. The molecule has 0 unspecified atom stereocenters. The Morgan fingerprint density at radius 1 is 0.783 bits per heavy atom. The second-order valence-electron chi connectivity index (χ2n) is 12.8. The summed E-state index contributed by atoms with van der Waals surface area (Å²) in [6.45, 7) is 15.1. The van der Waals surface area contributed by atoms with E-state index in [9.17, 15) is 0 Å². The summed E-state index contributed by atoms with van der Waals surface area (Å²) in [6, 6.07) is 36.2. The number of imidazole rings is 1. The molecule has 3 aromatic heterocycles. The molecule has 46 heavy (non-hydrogen) atoms. The molecule has 0 fully saturated rings. The Labute approximate surface area is 285 Å². The molecule has 0 atom stereocenters. The molecule has 0 aliphatic heterocycles. The zero-order chi connectivity index (χ0) is 31.5. The minimum atomic E-state index is 0. The quantitative estimate of drug-likeness (QED) is 0.129. The Balaban J connectivity index is 0.00000372. The second-order valence-corrected chi connectivity index (χ2v) is 12.8. The van der Waals surface area contributed by atoms with Crippen LogP contribution in [-0.4, -0.2) is 14.1 Å². The summed E-state index contributed by atoms with van der Waals surface area (Å²) in [6.07, 6.45) is 5.44. The maximum Gasteiger partial charge on any atom is 0.267 e. The molecule has 0 aliphatic carbocycles. The van der Waals surface area contributed by atoms with Crippen molar-refractivity contribution in [2.75, 3.05) is 0 Å². The molecule has 0 bridgehead atoms. The van der Waals surface area contributed by atoms with Crippen LogP contribution >= 0.6 is 0 Å². The summed E-state index contributed by atoms with van der Waals surface area (Å²) < 4.78 is 12.8. The minimum Gasteiger partial charge on any atom is -0.510 e. The van der Waals surface area contributed by atoms with Gasteiger partial charge in [-0.3, -0.25) is 4.57 Å². The largest absolute Gasteiger partial charge is 0.510 e. The summed E-state index contributed by atoms with van der Waals surface area (Å²) >= 11 is 0. The van der Waals surface area contributed by atoms with Crippen molar-refractivity contribution in [2.45, 2.75) is 53.9 Å². The number of benzene rings is 4. The van der Waals surface area contributed by atoms with E-state index >= 15 is 0 Å². The molecule has 0 radical (unpaired) electrons. The van der Waals surface area contributed by atoms with Gasteiger partial charge >= 0.3 is 0 Å². The van der Waals surface area contributed by atoms with Gasteiger partial charge in [-0.05, 0) is 79.6 Å². The molecule has 0 spiro atoms. The van der Waals surface area contributed by atoms with Crippen LogP contribution in [0.15, 0.2) is 91.1 Å². The predicted octanol–water partition coefficient (Wildman–Crippen LogP) is 8.97. The molecule has 5 nitrogen and oxygen atoms in total. The number of aryl methyl sites for hydroxylation is 2. The van der Waals surface area contributed by atoms with E-state index < -0.39 is 0 Å². The molecular formula is C40H36N4OPt-2. The van der Waals surface area contributed by atoms with E-state index in [1.54, 1.807) is 0 Å². The fraction of sp³-hybridized carbons (Fsp3) is 0.200. The van der Waals surface area contributed by atoms with E-state index in [2.05, 4.69) is 137 Å². The zero-order valence-electron chi connectivity index (χ0n) is 27.2. The van der Waals surface area contributed by atoms with Crippen molar-refractivity contribution < 1.29 is 30.4 Å². The van der Waals surface area contributed by atoms with Crippen LogP contribution in [0.1, 0.15) is 48.8 Å². The van der Waals surface area contributed by atoms with Crippen LogP contribution in [0.25, 0.3) is 39.0 Å². The Bertz CT molecular complexity index is 2240. The van der Waals surface area contributed by atoms with Crippen molar-refractivity contribution in [3.8, 4) is 28.7 Å². The third kappa shape index (κ3) is 5.58. The molecule has 0 aliphatic rings. The van der Waals surface area contributed by atoms with Gasteiger partial charge in [-0.15, -0.1) is 29.7 Å². The molecule has 7 rings (SSSR count). The fourth-order valence-electron chi connectivity index (χ4n) is 5.93.